The van der Waals surface area contributed by atoms with Crippen LogP contribution in [0.5, 0.6) is 11.5 Å². The predicted octanol–water partition coefficient (Wildman–Crippen LogP) is 1.56. The van der Waals surface area contributed by atoms with Crippen LogP contribution in [0, 0.1) is 6.92 Å². The number of aliphatic hydroxyl groups excluding tert-OH is 1. The maximum absolute atomic E-state index is 13.0. The van der Waals surface area contributed by atoms with E-state index >= 15 is 0 Å². The number of carbonyl (C=O) groups excluding carboxylic acids is 1. The highest BCUT2D eigenvalue weighted by molar-refractivity contribution is 5.77. The fraction of sp³-hybridized carbons (Fsp3) is 0.500. The number of carbonyl (C=O) groups is 1. The molecule has 8 heteroatoms. The lowest BCUT2D eigenvalue weighted by atomic mass is 9.97. The molecule has 1 fully saturated rings. The van der Waals surface area contributed by atoms with E-state index in [0.29, 0.717) is 37.6 Å². The summed E-state index contributed by atoms with van der Waals surface area (Å²) in [6, 6.07) is 7.02. The van der Waals surface area contributed by atoms with Gasteiger partial charge in [-0.15, -0.1) is 0 Å². The minimum absolute atomic E-state index is 0.00492. The van der Waals surface area contributed by atoms with Crippen LogP contribution in [0.4, 0.5) is 0 Å². The van der Waals surface area contributed by atoms with Crippen molar-refractivity contribution in [2.45, 2.75) is 32.0 Å². The Kier molecular flexibility index (Phi) is 6.53. The molecule has 2 unspecified atom stereocenters. The summed E-state index contributed by atoms with van der Waals surface area (Å²) in [5.74, 6) is 1.17. The van der Waals surface area contributed by atoms with Crippen LogP contribution in [0.3, 0.4) is 0 Å². The maximum atomic E-state index is 13.0. The van der Waals surface area contributed by atoms with Gasteiger partial charge in [-0.25, -0.2) is 0 Å². The van der Waals surface area contributed by atoms with Crippen LogP contribution in [-0.2, 0) is 16.1 Å². The van der Waals surface area contributed by atoms with Crippen LogP contribution in [0.15, 0.2) is 30.5 Å². The monoisotopic (exact) mass is 389 g/mol. The van der Waals surface area contributed by atoms with Crippen LogP contribution < -0.4 is 9.47 Å². The van der Waals surface area contributed by atoms with Crippen molar-refractivity contribution in [1.29, 1.82) is 0 Å². The molecule has 152 valence electrons. The van der Waals surface area contributed by atoms with Crippen molar-refractivity contribution < 1.29 is 24.1 Å². The fourth-order valence-corrected chi connectivity index (χ4v) is 3.54. The second kappa shape index (κ2) is 9.07. The zero-order valence-electron chi connectivity index (χ0n) is 16.5. The van der Waals surface area contributed by atoms with Gasteiger partial charge < -0.3 is 24.2 Å². The lowest BCUT2D eigenvalue weighted by Crippen LogP contribution is -2.49. The summed E-state index contributed by atoms with van der Waals surface area (Å²) in [6.07, 6.45) is 1.69. The number of aryl methyl sites for hydroxylation is 2. The third-order valence-electron chi connectivity index (χ3n) is 4.93. The molecular formula is C20H27N3O5. The van der Waals surface area contributed by atoms with Crippen molar-refractivity contribution in [3.05, 3.63) is 41.7 Å². The molecule has 1 N–H and O–H groups in total. The first-order valence-electron chi connectivity index (χ1n) is 9.31. The van der Waals surface area contributed by atoms with Crippen LogP contribution >= 0.6 is 0 Å². The van der Waals surface area contributed by atoms with Gasteiger partial charge in [-0.1, -0.05) is 6.07 Å². The van der Waals surface area contributed by atoms with E-state index in [1.807, 2.05) is 31.3 Å². The van der Waals surface area contributed by atoms with Gasteiger partial charge in [-0.05, 0) is 30.7 Å². The third kappa shape index (κ3) is 4.28. The summed E-state index contributed by atoms with van der Waals surface area (Å²) in [4.78, 5) is 14.8. The highest BCUT2D eigenvalue weighted by Gasteiger charge is 2.36. The maximum Gasteiger partial charge on any atom is 0.225 e. The number of aliphatic hydroxyl groups is 1. The Morgan fingerprint density at radius 2 is 2.07 bits per heavy atom. The highest BCUT2D eigenvalue weighted by atomic mass is 16.5. The summed E-state index contributed by atoms with van der Waals surface area (Å²) in [7, 11) is 3.14. The molecule has 2 aromatic rings. The van der Waals surface area contributed by atoms with Gasteiger partial charge in [0.15, 0.2) is 11.5 Å². The summed E-state index contributed by atoms with van der Waals surface area (Å²) < 4.78 is 18.2. The van der Waals surface area contributed by atoms with Gasteiger partial charge in [0, 0.05) is 25.7 Å². The first kappa shape index (κ1) is 20.2. The summed E-state index contributed by atoms with van der Waals surface area (Å²) >= 11 is 0. The number of methoxy groups -OCH3 is 2. The molecule has 8 nitrogen and oxygen atoms in total. The normalized spacial score (nSPS) is 19.5. The van der Waals surface area contributed by atoms with Crippen LogP contribution in [0.1, 0.15) is 23.7 Å². The van der Waals surface area contributed by atoms with Crippen molar-refractivity contribution in [3.63, 3.8) is 0 Å². The number of amides is 1. The number of rotatable bonds is 7. The number of aromatic nitrogens is 2. The van der Waals surface area contributed by atoms with Crippen LogP contribution in [0.2, 0.25) is 0 Å². The van der Waals surface area contributed by atoms with Gasteiger partial charge >= 0.3 is 0 Å². The average molecular weight is 389 g/mol. The molecule has 0 bridgehead atoms. The van der Waals surface area contributed by atoms with Crippen molar-refractivity contribution in [2.75, 3.05) is 34.0 Å². The topological polar surface area (TPSA) is 86.0 Å². The minimum Gasteiger partial charge on any atom is -0.493 e. The summed E-state index contributed by atoms with van der Waals surface area (Å²) in [5.41, 5.74) is 1.75. The van der Waals surface area contributed by atoms with Gasteiger partial charge in [-0.2, -0.15) is 5.10 Å². The molecule has 1 saturated heterocycles. The zero-order valence-corrected chi connectivity index (χ0v) is 16.5. The Balaban J connectivity index is 1.82. The first-order chi connectivity index (χ1) is 13.6. The van der Waals surface area contributed by atoms with Crippen molar-refractivity contribution in [3.8, 4) is 11.5 Å². The Hall–Kier alpha value is -2.58. The molecule has 1 aromatic heterocycles. The Morgan fingerprint density at radius 3 is 2.71 bits per heavy atom. The molecule has 2 atom stereocenters. The molecule has 0 saturated carbocycles. The van der Waals surface area contributed by atoms with Crippen LogP contribution in [-0.4, -0.2) is 65.8 Å². The molecule has 0 radical (unpaired) electrons. The first-order valence-corrected chi connectivity index (χ1v) is 9.31. The molecule has 0 spiro atoms. The largest absolute Gasteiger partial charge is 0.493 e. The molecule has 0 aliphatic carbocycles. The lowest BCUT2D eigenvalue weighted by Gasteiger charge is -2.41. The number of hydrogen-bond acceptors (Lipinski definition) is 6. The molecule has 1 aliphatic heterocycles. The van der Waals surface area contributed by atoms with Gasteiger partial charge in [0.25, 0.3) is 0 Å². The van der Waals surface area contributed by atoms with Gasteiger partial charge in [-0.3, -0.25) is 9.48 Å². The second-order valence-electron chi connectivity index (χ2n) is 6.71. The quantitative estimate of drug-likeness (QED) is 0.774. The van der Waals surface area contributed by atoms with Crippen LogP contribution in [0.25, 0.3) is 0 Å². The summed E-state index contributed by atoms with van der Waals surface area (Å²) in [6.45, 7) is 3.10. The molecule has 1 aliphatic rings. The minimum atomic E-state index is -0.497. The molecule has 1 amide bonds. The molecular weight excluding hydrogens is 362 g/mol. The second-order valence-corrected chi connectivity index (χ2v) is 6.71. The van der Waals surface area contributed by atoms with Gasteiger partial charge in [0.05, 0.1) is 39.2 Å². The van der Waals surface area contributed by atoms with E-state index in [-0.39, 0.29) is 12.5 Å². The SMILES string of the molecule is COc1ccc(C2C(CO)OCCN2C(=O)CCn2ccc(C)n2)cc1OC. The highest BCUT2D eigenvalue weighted by Crippen LogP contribution is 2.35. The van der Waals surface area contributed by atoms with E-state index in [0.717, 1.165) is 11.3 Å². The van der Waals surface area contributed by atoms with Gasteiger partial charge in [0.1, 0.15) is 6.10 Å². The third-order valence-corrected chi connectivity index (χ3v) is 4.93. The van der Waals surface area contributed by atoms with E-state index in [1.165, 1.54) is 0 Å². The number of ether oxygens (including phenoxy) is 3. The lowest BCUT2D eigenvalue weighted by molar-refractivity contribution is -0.150. The van der Waals surface area contributed by atoms with Crippen molar-refractivity contribution in [2.24, 2.45) is 0 Å². The van der Waals surface area contributed by atoms with Crippen molar-refractivity contribution >= 4 is 5.91 Å². The number of hydrogen-bond donors (Lipinski definition) is 1. The number of morpholine rings is 1. The molecule has 3 rings (SSSR count). The number of benzene rings is 1. The Morgan fingerprint density at radius 1 is 1.29 bits per heavy atom. The van der Waals surface area contributed by atoms with E-state index < -0.39 is 12.1 Å². The van der Waals surface area contributed by atoms with Crippen molar-refractivity contribution in [1.82, 2.24) is 14.7 Å². The molecule has 28 heavy (non-hydrogen) atoms. The van der Waals surface area contributed by atoms with E-state index in [9.17, 15) is 9.90 Å². The van der Waals surface area contributed by atoms with E-state index in [1.54, 1.807) is 29.9 Å². The predicted molar refractivity (Wildman–Crippen MR) is 102 cm³/mol. The standard InChI is InChI=1S/C20H27N3O5/c1-14-6-8-22(21-14)9-7-19(25)23-10-11-28-18(13-24)20(23)15-4-5-16(26-2)17(12-15)27-3/h4-6,8,12,18,20,24H,7,9-11,13H2,1-3H3. The Bertz CT molecular complexity index is 807. The Labute approximate surface area is 164 Å². The molecule has 2 heterocycles. The van der Waals surface area contributed by atoms with E-state index in [4.69, 9.17) is 14.2 Å². The average Bonchev–Trinajstić information content (AvgIpc) is 3.15. The van der Waals surface area contributed by atoms with Gasteiger partial charge in [0.2, 0.25) is 5.91 Å². The fourth-order valence-electron chi connectivity index (χ4n) is 3.54. The molecule has 1 aromatic carbocycles. The van der Waals surface area contributed by atoms with E-state index in [2.05, 4.69) is 5.10 Å². The summed E-state index contributed by atoms with van der Waals surface area (Å²) in [5, 5.41) is 14.2. The zero-order chi connectivity index (χ0) is 20.1. The smallest absolute Gasteiger partial charge is 0.225 e. The number of nitrogens with zero attached hydrogens (tertiary/aromatic N) is 3.